The lowest BCUT2D eigenvalue weighted by Gasteiger charge is -2.25. The van der Waals surface area contributed by atoms with E-state index in [1.54, 1.807) is 36.2 Å². The number of rotatable bonds is 12. The quantitative estimate of drug-likeness (QED) is 0.214. The molecule has 0 fully saturated rings. The van der Waals surface area contributed by atoms with Gasteiger partial charge in [-0.1, -0.05) is 63.2 Å². The number of pyridine rings is 1. The Morgan fingerprint density at radius 2 is 1.74 bits per heavy atom. The standard InChI is InChI=1S/C34H41N5O3S/c1-23-22-43-31(37-23)21-39(5)33(42)27-13-9-12-26(16-27)32(41)38-29(15-24-10-7-6-8-11-24)30(40)20-36-18-25-14-28(19-35-17-25)34(2,3)4/h6-14,16-17,19,22,29-30,36,40H,15,18,20-21H2,1-5H3,(H,38,41)/t29-,30+/m0/s1. The highest BCUT2D eigenvalue weighted by Gasteiger charge is 2.23. The van der Waals surface area contributed by atoms with Crippen LogP contribution in [0.2, 0.25) is 0 Å². The van der Waals surface area contributed by atoms with E-state index in [2.05, 4.69) is 47.4 Å². The molecule has 2 amide bonds. The number of aliphatic hydroxyl groups excluding tert-OH is 1. The Balaban J connectivity index is 1.42. The number of aryl methyl sites for hydroxylation is 1. The number of thiazole rings is 1. The summed E-state index contributed by atoms with van der Waals surface area (Å²) < 4.78 is 0. The molecule has 0 saturated heterocycles. The molecule has 0 saturated carbocycles. The Hall–Kier alpha value is -3.92. The predicted octanol–water partition coefficient (Wildman–Crippen LogP) is 4.91. The summed E-state index contributed by atoms with van der Waals surface area (Å²) in [7, 11) is 1.72. The molecular weight excluding hydrogens is 558 g/mol. The second kappa shape index (κ2) is 14.5. The van der Waals surface area contributed by atoms with Crippen LogP contribution in [-0.2, 0) is 24.9 Å². The first-order valence-corrected chi connectivity index (χ1v) is 15.3. The van der Waals surface area contributed by atoms with Crippen LogP contribution in [0.4, 0.5) is 0 Å². The minimum Gasteiger partial charge on any atom is -0.390 e. The molecule has 0 bridgehead atoms. The van der Waals surface area contributed by atoms with Gasteiger partial charge in [0.15, 0.2) is 0 Å². The van der Waals surface area contributed by atoms with Gasteiger partial charge in [0.1, 0.15) is 5.01 Å². The zero-order valence-electron chi connectivity index (χ0n) is 25.5. The van der Waals surface area contributed by atoms with E-state index in [9.17, 15) is 14.7 Å². The van der Waals surface area contributed by atoms with Crippen LogP contribution in [0.3, 0.4) is 0 Å². The smallest absolute Gasteiger partial charge is 0.253 e. The Morgan fingerprint density at radius 3 is 2.44 bits per heavy atom. The van der Waals surface area contributed by atoms with Gasteiger partial charge in [-0.25, -0.2) is 4.98 Å². The first kappa shape index (κ1) is 32.0. The van der Waals surface area contributed by atoms with Crippen LogP contribution in [0.1, 0.15) is 68.9 Å². The van der Waals surface area contributed by atoms with Gasteiger partial charge in [0.05, 0.1) is 18.7 Å². The monoisotopic (exact) mass is 599 g/mol. The molecule has 0 aliphatic carbocycles. The van der Waals surface area contributed by atoms with Crippen molar-refractivity contribution in [2.75, 3.05) is 13.6 Å². The zero-order valence-corrected chi connectivity index (χ0v) is 26.3. The lowest BCUT2D eigenvalue weighted by molar-refractivity contribution is 0.0784. The summed E-state index contributed by atoms with van der Waals surface area (Å²) in [5, 5.41) is 20.4. The molecule has 4 aromatic rings. The average Bonchev–Trinajstić information content (AvgIpc) is 3.40. The number of carbonyl (C=O) groups excluding carboxylic acids is 2. The van der Waals surface area contributed by atoms with Gasteiger partial charge in [-0.05, 0) is 53.6 Å². The van der Waals surface area contributed by atoms with Gasteiger partial charge >= 0.3 is 0 Å². The Bertz CT molecular complexity index is 1520. The fourth-order valence-corrected chi connectivity index (χ4v) is 5.49. The minimum atomic E-state index is -0.861. The van der Waals surface area contributed by atoms with Crippen molar-refractivity contribution in [3.05, 3.63) is 117 Å². The van der Waals surface area contributed by atoms with Crippen molar-refractivity contribution in [1.82, 2.24) is 25.5 Å². The molecule has 8 nitrogen and oxygen atoms in total. The normalized spacial score (nSPS) is 12.9. The third kappa shape index (κ3) is 9.28. The van der Waals surface area contributed by atoms with Crippen molar-refractivity contribution in [2.45, 2.75) is 64.8 Å². The third-order valence-electron chi connectivity index (χ3n) is 7.18. The molecule has 3 N–H and O–H groups in total. The summed E-state index contributed by atoms with van der Waals surface area (Å²) in [5.74, 6) is -0.549. The highest BCUT2D eigenvalue weighted by Crippen LogP contribution is 2.22. The van der Waals surface area contributed by atoms with Gasteiger partial charge < -0.3 is 20.6 Å². The van der Waals surface area contributed by atoms with Gasteiger partial charge in [-0.15, -0.1) is 11.3 Å². The first-order valence-electron chi connectivity index (χ1n) is 14.4. The van der Waals surface area contributed by atoms with Crippen LogP contribution in [0.15, 0.2) is 78.4 Å². The second-order valence-electron chi connectivity index (χ2n) is 11.9. The van der Waals surface area contributed by atoms with Crippen LogP contribution in [-0.4, -0.2) is 57.5 Å². The lowest BCUT2D eigenvalue weighted by atomic mass is 9.88. The van der Waals surface area contributed by atoms with Gasteiger partial charge in [0.25, 0.3) is 11.8 Å². The fourth-order valence-electron chi connectivity index (χ4n) is 4.67. The lowest BCUT2D eigenvalue weighted by Crippen LogP contribution is -2.48. The Kier molecular flexibility index (Phi) is 10.8. The van der Waals surface area contributed by atoms with Gasteiger partial charge in [-0.2, -0.15) is 0 Å². The summed E-state index contributed by atoms with van der Waals surface area (Å²) >= 11 is 1.51. The van der Waals surface area contributed by atoms with Crippen molar-refractivity contribution < 1.29 is 14.7 Å². The number of aromatic nitrogens is 2. The van der Waals surface area contributed by atoms with Crippen molar-refractivity contribution in [3.63, 3.8) is 0 Å². The number of aliphatic hydroxyl groups is 1. The molecule has 2 aromatic carbocycles. The molecule has 0 spiro atoms. The molecule has 0 aliphatic rings. The van der Waals surface area contributed by atoms with Crippen LogP contribution in [0.5, 0.6) is 0 Å². The molecule has 0 unspecified atom stereocenters. The summed E-state index contributed by atoms with van der Waals surface area (Å²) in [6.45, 7) is 9.57. The van der Waals surface area contributed by atoms with Crippen molar-refractivity contribution in [3.8, 4) is 0 Å². The Morgan fingerprint density at radius 1 is 1.00 bits per heavy atom. The molecular formula is C34H41N5O3S. The molecule has 2 aromatic heterocycles. The molecule has 0 aliphatic heterocycles. The topological polar surface area (TPSA) is 107 Å². The minimum absolute atomic E-state index is 0.00861. The van der Waals surface area contributed by atoms with Crippen molar-refractivity contribution in [2.24, 2.45) is 0 Å². The van der Waals surface area contributed by atoms with E-state index in [4.69, 9.17) is 0 Å². The summed E-state index contributed by atoms with van der Waals surface area (Å²) in [6, 6.07) is 18.0. The van der Waals surface area contributed by atoms with E-state index >= 15 is 0 Å². The van der Waals surface area contributed by atoms with E-state index in [-0.39, 0.29) is 23.8 Å². The maximum absolute atomic E-state index is 13.4. The summed E-state index contributed by atoms with van der Waals surface area (Å²) in [6.07, 6.45) is 3.29. The molecule has 226 valence electrons. The molecule has 2 heterocycles. The molecule has 2 atom stereocenters. The van der Waals surface area contributed by atoms with E-state index in [0.29, 0.717) is 30.6 Å². The summed E-state index contributed by atoms with van der Waals surface area (Å²) in [5.41, 5.74) is 4.85. The SMILES string of the molecule is Cc1csc(CN(C)C(=O)c2cccc(C(=O)N[C@@H](Cc3ccccc3)[C@H](O)CNCc3cncc(C(C)(C)C)c3)c2)n1. The number of hydrogen-bond acceptors (Lipinski definition) is 7. The zero-order chi connectivity index (χ0) is 31.0. The van der Waals surface area contributed by atoms with E-state index in [1.807, 2.05) is 55.0 Å². The van der Waals surface area contributed by atoms with Crippen molar-refractivity contribution >= 4 is 23.2 Å². The maximum Gasteiger partial charge on any atom is 0.253 e. The average molecular weight is 600 g/mol. The van der Waals surface area contributed by atoms with E-state index in [0.717, 1.165) is 27.4 Å². The third-order valence-corrected chi connectivity index (χ3v) is 8.13. The van der Waals surface area contributed by atoms with Crippen LogP contribution in [0.25, 0.3) is 0 Å². The number of benzene rings is 2. The number of carbonyl (C=O) groups is 2. The molecule has 4 rings (SSSR count). The number of nitrogens with zero attached hydrogens (tertiary/aromatic N) is 3. The molecule has 0 radical (unpaired) electrons. The summed E-state index contributed by atoms with van der Waals surface area (Å²) in [4.78, 5) is 37.0. The number of hydrogen-bond donors (Lipinski definition) is 3. The van der Waals surface area contributed by atoms with Crippen LogP contribution < -0.4 is 10.6 Å². The van der Waals surface area contributed by atoms with E-state index in [1.165, 1.54) is 11.3 Å². The maximum atomic E-state index is 13.4. The van der Waals surface area contributed by atoms with E-state index < -0.39 is 12.1 Å². The van der Waals surface area contributed by atoms with Crippen LogP contribution >= 0.6 is 11.3 Å². The largest absolute Gasteiger partial charge is 0.390 e. The Labute approximate surface area is 258 Å². The second-order valence-corrected chi connectivity index (χ2v) is 12.9. The first-order chi connectivity index (χ1) is 20.5. The van der Waals surface area contributed by atoms with Crippen LogP contribution in [0, 0.1) is 6.92 Å². The van der Waals surface area contributed by atoms with Gasteiger partial charge in [-0.3, -0.25) is 14.6 Å². The highest BCUT2D eigenvalue weighted by atomic mass is 32.1. The molecule has 43 heavy (non-hydrogen) atoms. The predicted molar refractivity (Wildman–Crippen MR) is 171 cm³/mol. The fraction of sp³-hybridized carbons (Fsp3) is 0.353. The number of amides is 2. The van der Waals surface area contributed by atoms with Crippen molar-refractivity contribution in [1.29, 1.82) is 0 Å². The number of nitrogens with one attached hydrogen (secondary N) is 2. The van der Waals surface area contributed by atoms with Gasteiger partial charge in [0, 0.05) is 54.7 Å². The van der Waals surface area contributed by atoms with Gasteiger partial charge in [0.2, 0.25) is 0 Å². The highest BCUT2D eigenvalue weighted by molar-refractivity contribution is 7.09. The molecule has 9 heteroatoms.